The molecule has 0 bridgehead atoms. The number of nitrogens with zero attached hydrogens (tertiary/aromatic N) is 1. The molecule has 0 aromatic heterocycles. The van der Waals surface area contributed by atoms with Crippen molar-refractivity contribution in [3.63, 3.8) is 0 Å². The molecule has 1 aliphatic heterocycles. The van der Waals surface area contributed by atoms with Crippen molar-refractivity contribution in [3.05, 3.63) is 29.0 Å². The number of morpholine rings is 1. The lowest BCUT2D eigenvalue weighted by Crippen LogP contribution is -2.49. The van der Waals surface area contributed by atoms with Crippen LogP contribution in [0.15, 0.2) is 18.2 Å². The Hall–Kier alpha value is -1.37. The van der Waals surface area contributed by atoms with E-state index in [4.69, 9.17) is 21.1 Å². The van der Waals surface area contributed by atoms with E-state index in [1.807, 2.05) is 0 Å². The third-order valence-electron chi connectivity index (χ3n) is 4.32. The maximum Gasteiger partial charge on any atom is 0.223 e. The Labute approximate surface area is 159 Å². The highest BCUT2D eigenvalue weighted by atomic mass is 35.5. The van der Waals surface area contributed by atoms with E-state index in [9.17, 15) is 9.18 Å². The summed E-state index contributed by atoms with van der Waals surface area (Å²) < 4.78 is 23.9. The maximum atomic E-state index is 13.0. The minimum atomic E-state index is -0.417. The van der Waals surface area contributed by atoms with Crippen LogP contribution in [0.1, 0.15) is 26.7 Å². The fraction of sp³-hybridized carbons (Fsp3) is 0.632. The number of hydrogen-bond acceptors (Lipinski definition) is 4. The van der Waals surface area contributed by atoms with E-state index < -0.39 is 5.82 Å². The molecule has 1 amide bonds. The van der Waals surface area contributed by atoms with Crippen LogP contribution in [0, 0.1) is 11.7 Å². The average molecular weight is 387 g/mol. The Morgan fingerprint density at radius 3 is 2.77 bits per heavy atom. The van der Waals surface area contributed by atoms with Crippen molar-refractivity contribution >= 4 is 17.5 Å². The molecule has 1 aromatic carbocycles. The second kappa shape index (κ2) is 10.7. The van der Waals surface area contributed by atoms with E-state index in [-0.39, 0.29) is 24.0 Å². The van der Waals surface area contributed by atoms with Crippen molar-refractivity contribution in [2.24, 2.45) is 5.92 Å². The van der Waals surface area contributed by atoms with E-state index in [1.165, 1.54) is 18.2 Å². The van der Waals surface area contributed by atoms with Crippen molar-refractivity contribution in [2.75, 3.05) is 39.5 Å². The molecule has 0 saturated carbocycles. The summed E-state index contributed by atoms with van der Waals surface area (Å²) in [6, 6.07) is 4.25. The number of carbonyl (C=O) groups excluding carboxylic acids is 1. The summed E-state index contributed by atoms with van der Waals surface area (Å²) in [6.07, 6.45) is 1.26. The van der Waals surface area contributed by atoms with Gasteiger partial charge in [0.25, 0.3) is 0 Å². The molecule has 0 radical (unpaired) electrons. The van der Waals surface area contributed by atoms with Gasteiger partial charge in [-0.25, -0.2) is 4.39 Å². The summed E-state index contributed by atoms with van der Waals surface area (Å²) in [5.41, 5.74) is 0. The fourth-order valence-corrected chi connectivity index (χ4v) is 3.24. The first-order chi connectivity index (χ1) is 12.5. The van der Waals surface area contributed by atoms with Gasteiger partial charge in [-0.1, -0.05) is 25.4 Å². The van der Waals surface area contributed by atoms with Crippen molar-refractivity contribution in [2.45, 2.75) is 32.7 Å². The molecular weight excluding hydrogens is 359 g/mol. The number of halogens is 2. The standard InChI is InChI=1S/C19H28ClFN2O3/c1-14(2)11-16(23-6-9-25-10-7-23)13-22-19(24)5-8-26-18-4-3-15(21)12-17(18)20/h3-4,12,14,16H,5-11,13H2,1-2H3,(H,22,24). The Morgan fingerprint density at radius 1 is 1.38 bits per heavy atom. The highest BCUT2D eigenvalue weighted by molar-refractivity contribution is 6.32. The van der Waals surface area contributed by atoms with E-state index in [0.29, 0.717) is 24.3 Å². The van der Waals surface area contributed by atoms with Crippen LogP contribution in [-0.4, -0.2) is 56.3 Å². The topological polar surface area (TPSA) is 50.8 Å². The zero-order valence-corrected chi connectivity index (χ0v) is 16.2. The molecule has 26 heavy (non-hydrogen) atoms. The van der Waals surface area contributed by atoms with Crippen LogP contribution in [-0.2, 0) is 9.53 Å². The van der Waals surface area contributed by atoms with E-state index in [1.54, 1.807) is 0 Å². The normalized spacial score (nSPS) is 16.5. The minimum Gasteiger partial charge on any atom is -0.491 e. The van der Waals surface area contributed by atoms with Gasteiger partial charge >= 0.3 is 0 Å². The third kappa shape index (κ3) is 7.09. The molecule has 5 nitrogen and oxygen atoms in total. The number of nitrogens with one attached hydrogen (secondary N) is 1. The Morgan fingerprint density at radius 2 is 2.12 bits per heavy atom. The fourth-order valence-electron chi connectivity index (χ4n) is 3.01. The van der Waals surface area contributed by atoms with E-state index in [0.717, 1.165) is 32.7 Å². The number of benzene rings is 1. The number of rotatable bonds is 9. The zero-order valence-electron chi connectivity index (χ0n) is 15.5. The SMILES string of the molecule is CC(C)CC(CNC(=O)CCOc1ccc(F)cc1Cl)N1CCOCC1. The molecule has 1 N–H and O–H groups in total. The van der Waals surface area contributed by atoms with Gasteiger partial charge in [0.15, 0.2) is 0 Å². The number of amides is 1. The number of hydrogen-bond donors (Lipinski definition) is 1. The van der Waals surface area contributed by atoms with Crippen molar-refractivity contribution < 1.29 is 18.7 Å². The minimum absolute atomic E-state index is 0.0646. The van der Waals surface area contributed by atoms with Crippen LogP contribution in [0.25, 0.3) is 0 Å². The van der Waals surface area contributed by atoms with E-state index >= 15 is 0 Å². The second-order valence-electron chi connectivity index (χ2n) is 6.91. The molecule has 1 unspecified atom stereocenters. The Bertz CT molecular complexity index is 580. The van der Waals surface area contributed by atoms with Gasteiger partial charge in [0.1, 0.15) is 11.6 Å². The summed E-state index contributed by atoms with van der Waals surface area (Å²) in [7, 11) is 0. The quantitative estimate of drug-likeness (QED) is 0.708. The first kappa shape index (κ1) is 20.9. The smallest absolute Gasteiger partial charge is 0.223 e. The summed E-state index contributed by atoms with van der Waals surface area (Å²) in [4.78, 5) is 14.5. The van der Waals surface area contributed by atoms with Gasteiger partial charge in [-0.05, 0) is 30.5 Å². The molecular formula is C19H28ClFN2O3. The van der Waals surface area contributed by atoms with Gasteiger partial charge in [-0.3, -0.25) is 9.69 Å². The summed E-state index contributed by atoms with van der Waals surface area (Å²) in [5.74, 6) is 0.459. The van der Waals surface area contributed by atoms with Crippen LogP contribution in [0.4, 0.5) is 4.39 Å². The third-order valence-corrected chi connectivity index (χ3v) is 4.62. The highest BCUT2D eigenvalue weighted by Gasteiger charge is 2.22. The first-order valence-corrected chi connectivity index (χ1v) is 9.50. The van der Waals surface area contributed by atoms with Crippen molar-refractivity contribution in [3.8, 4) is 5.75 Å². The first-order valence-electron chi connectivity index (χ1n) is 9.12. The average Bonchev–Trinajstić information content (AvgIpc) is 2.61. The van der Waals surface area contributed by atoms with Crippen molar-refractivity contribution in [1.82, 2.24) is 10.2 Å². The molecule has 1 aliphatic rings. The predicted molar refractivity (Wildman–Crippen MR) is 100 cm³/mol. The monoisotopic (exact) mass is 386 g/mol. The molecule has 146 valence electrons. The largest absolute Gasteiger partial charge is 0.491 e. The van der Waals surface area contributed by atoms with Crippen LogP contribution in [0.5, 0.6) is 5.75 Å². The van der Waals surface area contributed by atoms with Gasteiger partial charge in [0.05, 0.1) is 31.3 Å². The lowest BCUT2D eigenvalue weighted by molar-refractivity contribution is -0.122. The molecule has 7 heteroatoms. The molecule has 1 saturated heterocycles. The molecule has 0 spiro atoms. The van der Waals surface area contributed by atoms with Gasteiger partial charge in [0.2, 0.25) is 5.91 Å². The van der Waals surface area contributed by atoms with Gasteiger partial charge < -0.3 is 14.8 Å². The van der Waals surface area contributed by atoms with Gasteiger partial charge in [-0.2, -0.15) is 0 Å². The van der Waals surface area contributed by atoms with E-state index in [2.05, 4.69) is 24.1 Å². The number of carbonyl (C=O) groups is 1. The van der Waals surface area contributed by atoms with Gasteiger partial charge in [-0.15, -0.1) is 0 Å². The maximum absolute atomic E-state index is 13.0. The molecule has 1 fully saturated rings. The summed E-state index contributed by atoms with van der Waals surface area (Å²) in [5, 5.41) is 3.20. The molecule has 1 atom stereocenters. The molecule has 2 rings (SSSR count). The second-order valence-corrected chi connectivity index (χ2v) is 7.32. The molecule has 1 aromatic rings. The summed E-state index contributed by atoms with van der Waals surface area (Å²) >= 11 is 5.90. The van der Waals surface area contributed by atoms with Crippen LogP contribution < -0.4 is 10.1 Å². The van der Waals surface area contributed by atoms with Crippen LogP contribution in [0.3, 0.4) is 0 Å². The Kier molecular flexibility index (Phi) is 8.62. The van der Waals surface area contributed by atoms with Crippen LogP contribution in [0.2, 0.25) is 5.02 Å². The summed E-state index contributed by atoms with van der Waals surface area (Å²) in [6.45, 7) is 8.49. The lowest BCUT2D eigenvalue weighted by Gasteiger charge is -2.35. The predicted octanol–water partition coefficient (Wildman–Crippen LogP) is 3.11. The number of ether oxygens (including phenoxy) is 2. The van der Waals surface area contributed by atoms with Gasteiger partial charge in [0, 0.05) is 25.7 Å². The molecule has 1 heterocycles. The lowest BCUT2D eigenvalue weighted by atomic mass is 10.0. The van der Waals surface area contributed by atoms with Crippen LogP contribution >= 0.6 is 11.6 Å². The zero-order chi connectivity index (χ0) is 18.9. The molecule has 0 aliphatic carbocycles. The Balaban J connectivity index is 1.74. The highest BCUT2D eigenvalue weighted by Crippen LogP contribution is 2.24. The van der Waals surface area contributed by atoms with Crippen molar-refractivity contribution in [1.29, 1.82) is 0 Å².